The smallest absolute Gasteiger partial charge is 0.332 e. The van der Waals surface area contributed by atoms with E-state index in [4.69, 9.17) is 0 Å². The minimum atomic E-state index is -0.362. The highest BCUT2D eigenvalue weighted by Gasteiger charge is 2.28. The molecule has 0 bridgehead atoms. The Morgan fingerprint density at radius 2 is 2.04 bits per heavy atom. The van der Waals surface area contributed by atoms with Gasteiger partial charge in [0.25, 0.3) is 0 Å². The Hall–Kier alpha value is -2.90. The lowest BCUT2D eigenvalue weighted by Crippen LogP contribution is -2.43. The van der Waals surface area contributed by atoms with Gasteiger partial charge in [-0.3, -0.25) is 9.36 Å². The molecule has 0 N–H and O–H groups in total. The first-order chi connectivity index (χ1) is 11.6. The molecular formula is C16H18N6O2. The third-order valence-corrected chi connectivity index (χ3v) is 4.58. The van der Waals surface area contributed by atoms with Crippen molar-refractivity contribution in [1.82, 2.24) is 28.8 Å². The summed E-state index contributed by atoms with van der Waals surface area (Å²) >= 11 is 0. The highest BCUT2D eigenvalue weighted by Crippen LogP contribution is 2.20. The van der Waals surface area contributed by atoms with E-state index in [1.165, 1.54) is 4.68 Å². The van der Waals surface area contributed by atoms with E-state index in [9.17, 15) is 9.59 Å². The van der Waals surface area contributed by atoms with E-state index in [1.807, 2.05) is 35.8 Å². The average molecular weight is 326 g/mol. The van der Waals surface area contributed by atoms with E-state index in [-0.39, 0.29) is 17.6 Å². The van der Waals surface area contributed by atoms with E-state index in [2.05, 4.69) is 10.1 Å². The summed E-state index contributed by atoms with van der Waals surface area (Å²) in [4.78, 5) is 30.9. The van der Waals surface area contributed by atoms with Crippen molar-refractivity contribution in [3.8, 4) is 0 Å². The Bertz CT molecular complexity index is 982. The standard InChI is InChI=1S/C16H18N6O2/c1-11(22-10-17-12-5-3-4-6-13(12)22)15(23)20-7-8-21-14(9-20)18-19(2)16(21)24/h3-6,10-11H,7-9H2,1-2H3. The predicted molar refractivity (Wildman–Crippen MR) is 87.3 cm³/mol. The Kier molecular flexibility index (Phi) is 3.26. The van der Waals surface area contributed by atoms with Gasteiger partial charge >= 0.3 is 5.69 Å². The molecule has 1 atom stereocenters. The molecule has 3 heterocycles. The van der Waals surface area contributed by atoms with Crippen molar-refractivity contribution in [1.29, 1.82) is 0 Å². The molecule has 3 aromatic rings. The second-order valence-electron chi connectivity index (χ2n) is 6.05. The van der Waals surface area contributed by atoms with Crippen molar-refractivity contribution in [2.24, 2.45) is 7.05 Å². The van der Waals surface area contributed by atoms with Gasteiger partial charge in [-0.05, 0) is 19.1 Å². The minimum absolute atomic E-state index is 0.00232. The van der Waals surface area contributed by atoms with Gasteiger partial charge < -0.3 is 9.47 Å². The van der Waals surface area contributed by atoms with Gasteiger partial charge in [-0.1, -0.05) is 12.1 Å². The molecule has 1 aromatic carbocycles. The summed E-state index contributed by atoms with van der Waals surface area (Å²) in [7, 11) is 1.63. The van der Waals surface area contributed by atoms with Crippen LogP contribution < -0.4 is 5.69 Å². The number of carbonyl (C=O) groups excluding carboxylic acids is 1. The second kappa shape index (κ2) is 5.33. The van der Waals surface area contributed by atoms with Crippen molar-refractivity contribution >= 4 is 16.9 Å². The zero-order chi connectivity index (χ0) is 16.8. The maximum atomic E-state index is 12.9. The fourth-order valence-corrected chi connectivity index (χ4v) is 3.23. The number of amides is 1. The summed E-state index contributed by atoms with van der Waals surface area (Å²) < 4.78 is 4.83. The molecule has 0 fully saturated rings. The SMILES string of the molecule is CC(C(=O)N1CCn2c(nn(C)c2=O)C1)n1cnc2ccccc21. The first-order valence-corrected chi connectivity index (χ1v) is 7.89. The van der Waals surface area contributed by atoms with E-state index in [1.54, 1.807) is 22.8 Å². The number of aryl methyl sites for hydroxylation is 1. The van der Waals surface area contributed by atoms with Crippen LogP contribution in [0.2, 0.25) is 0 Å². The van der Waals surface area contributed by atoms with Gasteiger partial charge in [0.2, 0.25) is 5.91 Å². The van der Waals surface area contributed by atoms with Crippen molar-refractivity contribution in [3.05, 3.63) is 46.9 Å². The summed E-state index contributed by atoms with van der Waals surface area (Å²) in [6, 6.07) is 7.39. The second-order valence-corrected chi connectivity index (χ2v) is 6.05. The highest BCUT2D eigenvalue weighted by molar-refractivity contribution is 5.83. The molecule has 2 aromatic heterocycles. The molecular weight excluding hydrogens is 308 g/mol. The van der Waals surface area contributed by atoms with Crippen LogP contribution in [0.4, 0.5) is 0 Å². The van der Waals surface area contributed by atoms with Crippen molar-refractivity contribution in [2.45, 2.75) is 26.1 Å². The van der Waals surface area contributed by atoms with Crippen LogP contribution in [0.25, 0.3) is 11.0 Å². The number of benzene rings is 1. The molecule has 8 nitrogen and oxygen atoms in total. The van der Waals surface area contributed by atoms with Gasteiger partial charge in [0, 0.05) is 20.1 Å². The lowest BCUT2D eigenvalue weighted by molar-refractivity contribution is -0.135. The van der Waals surface area contributed by atoms with E-state index in [0.29, 0.717) is 25.5 Å². The molecule has 1 amide bonds. The van der Waals surface area contributed by atoms with Crippen LogP contribution >= 0.6 is 0 Å². The fourth-order valence-electron chi connectivity index (χ4n) is 3.23. The number of hydrogen-bond donors (Lipinski definition) is 0. The molecule has 8 heteroatoms. The molecule has 1 unspecified atom stereocenters. The average Bonchev–Trinajstić information content (AvgIpc) is 3.15. The topological polar surface area (TPSA) is 78.0 Å². The van der Waals surface area contributed by atoms with Crippen LogP contribution in [0.15, 0.2) is 35.4 Å². The van der Waals surface area contributed by atoms with Gasteiger partial charge in [-0.15, -0.1) is 0 Å². The third-order valence-electron chi connectivity index (χ3n) is 4.58. The van der Waals surface area contributed by atoms with Crippen molar-refractivity contribution in [3.63, 3.8) is 0 Å². The summed E-state index contributed by atoms with van der Waals surface area (Å²) in [5.41, 5.74) is 1.67. The van der Waals surface area contributed by atoms with Crippen LogP contribution in [-0.4, -0.2) is 41.3 Å². The Morgan fingerprint density at radius 3 is 2.88 bits per heavy atom. The van der Waals surface area contributed by atoms with Gasteiger partial charge in [0.1, 0.15) is 6.04 Å². The number of fused-ring (bicyclic) bond motifs is 2. The van der Waals surface area contributed by atoms with Gasteiger partial charge in [0.15, 0.2) is 5.82 Å². The molecule has 1 aliphatic rings. The first kappa shape index (κ1) is 14.7. The van der Waals surface area contributed by atoms with E-state index in [0.717, 1.165) is 11.0 Å². The number of rotatable bonds is 2. The van der Waals surface area contributed by atoms with Crippen LogP contribution in [0.1, 0.15) is 18.8 Å². The lowest BCUT2D eigenvalue weighted by Gasteiger charge is -2.29. The number of hydrogen-bond acceptors (Lipinski definition) is 4. The number of para-hydroxylation sites is 2. The van der Waals surface area contributed by atoms with E-state index >= 15 is 0 Å². The minimum Gasteiger partial charge on any atom is -0.332 e. The van der Waals surface area contributed by atoms with Crippen molar-refractivity contribution in [2.75, 3.05) is 6.54 Å². The zero-order valence-corrected chi connectivity index (χ0v) is 13.6. The van der Waals surface area contributed by atoms with Crippen LogP contribution in [-0.2, 0) is 24.9 Å². The van der Waals surface area contributed by atoms with Crippen molar-refractivity contribution < 1.29 is 4.79 Å². The molecule has 0 spiro atoms. The number of nitrogens with zero attached hydrogens (tertiary/aromatic N) is 6. The quantitative estimate of drug-likeness (QED) is 0.688. The maximum absolute atomic E-state index is 12.9. The Labute approximate surface area is 137 Å². The summed E-state index contributed by atoms with van der Waals surface area (Å²) in [6.45, 7) is 3.21. The third kappa shape index (κ3) is 2.14. The zero-order valence-electron chi connectivity index (χ0n) is 13.6. The molecule has 4 rings (SSSR count). The molecule has 1 aliphatic heterocycles. The van der Waals surface area contributed by atoms with Crippen LogP contribution in [0, 0.1) is 0 Å². The normalized spacial score (nSPS) is 15.5. The van der Waals surface area contributed by atoms with Gasteiger partial charge in [-0.25, -0.2) is 14.5 Å². The van der Waals surface area contributed by atoms with Gasteiger partial charge in [0.05, 0.1) is 23.9 Å². The predicted octanol–water partition coefficient (Wildman–Crippen LogP) is 0.535. The molecule has 0 radical (unpaired) electrons. The van der Waals surface area contributed by atoms with Crippen LogP contribution in [0.3, 0.4) is 0 Å². The van der Waals surface area contributed by atoms with E-state index < -0.39 is 0 Å². The monoisotopic (exact) mass is 326 g/mol. The Balaban J connectivity index is 1.61. The summed E-state index contributed by atoms with van der Waals surface area (Å²) in [5.74, 6) is 0.632. The first-order valence-electron chi connectivity index (χ1n) is 7.89. The van der Waals surface area contributed by atoms with Crippen LogP contribution in [0.5, 0.6) is 0 Å². The summed E-state index contributed by atoms with van der Waals surface area (Å²) in [6.07, 6.45) is 1.70. The number of imidazole rings is 1. The number of aromatic nitrogens is 5. The summed E-state index contributed by atoms with van der Waals surface area (Å²) in [5, 5.41) is 4.21. The Morgan fingerprint density at radius 1 is 1.25 bits per heavy atom. The lowest BCUT2D eigenvalue weighted by atomic mass is 10.2. The largest absolute Gasteiger partial charge is 0.345 e. The fraction of sp³-hybridized carbons (Fsp3) is 0.375. The molecule has 0 saturated heterocycles. The highest BCUT2D eigenvalue weighted by atomic mass is 16.2. The molecule has 24 heavy (non-hydrogen) atoms. The van der Waals surface area contributed by atoms with Gasteiger partial charge in [-0.2, -0.15) is 5.10 Å². The number of carbonyl (C=O) groups is 1. The molecule has 0 aliphatic carbocycles. The maximum Gasteiger partial charge on any atom is 0.345 e. The molecule has 0 saturated carbocycles. The molecule has 124 valence electrons.